The Morgan fingerprint density at radius 1 is 1.24 bits per heavy atom. The number of rotatable bonds is 3. The number of benzene rings is 2. The second-order valence-corrected chi connectivity index (χ2v) is 6.65. The maximum absolute atomic E-state index is 13.9. The largest absolute Gasteiger partial charge is 0.340 e. The fraction of sp³-hybridized carbons (Fsp3) is 0.263. The lowest BCUT2D eigenvalue weighted by molar-refractivity contribution is -0.118. The second-order valence-electron chi connectivity index (χ2n) is 6.25. The lowest BCUT2D eigenvalue weighted by Gasteiger charge is -2.18. The van der Waals surface area contributed by atoms with Gasteiger partial charge in [-0.15, -0.1) is 0 Å². The molecule has 0 saturated carbocycles. The SMILES string of the molecule is Cc1cc(C)cc(N2CC[C@@H](NC(=O)c3c(F)cccc3Cl)C2=O)c1. The summed E-state index contributed by atoms with van der Waals surface area (Å²) in [5, 5.41) is 2.62. The first kappa shape index (κ1) is 17.4. The minimum absolute atomic E-state index is 0.0223. The number of anilines is 1. The van der Waals surface area contributed by atoms with Crippen molar-refractivity contribution < 1.29 is 14.0 Å². The van der Waals surface area contributed by atoms with Crippen LogP contribution in [-0.4, -0.2) is 24.4 Å². The van der Waals surface area contributed by atoms with Gasteiger partial charge in [0.1, 0.15) is 11.9 Å². The molecule has 1 aliphatic rings. The zero-order valence-corrected chi connectivity index (χ0v) is 14.7. The molecular formula is C19H18ClFN2O2. The Bertz CT molecular complexity index is 813. The maximum atomic E-state index is 13.9. The summed E-state index contributed by atoms with van der Waals surface area (Å²) < 4.78 is 13.9. The monoisotopic (exact) mass is 360 g/mol. The third-order valence-electron chi connectivity index (χ3n) is 4.22. The standard InChI is InChI=1S/C19H18ClFN2O2/c1-11-8-12(2)10-13(9-11)23-7-6-16(19(23)25)22-18(24)17-14(20)4-3-5-15(17)21/h3-5,8-10,16H,6-7H2,1-2H3,(H,22,24)/t16-/m1/s1. The molecule has 25 heavy (non-hydrogen) atoms. The van der Waals surface area contributed by atoms with E-state index in [2.05, 4.69) is 5.32 Å². The van der Waals surface area contributed by atoms with Crippen molar-refractivity contribution in [3.63, 3.8) is 0 Å². The van der Waals surface area contributed by atoms with Crippen LogP contribution in [0.5, 0.6) is 0 Å². The Hall–Kier alpha value is -2.40. The number of hydrogen-bond acceptors (Lipinski definition) is 2. The molecule has 3 rings (SSSR count). The van der Waals surface area contributed by atoms with Crippen LogP contribution in [0.15, 0.2) is 36.4 Å². The number of nitrogens with zero attached hydrogens (tertiary/aromatic N) is 1. The molecule has 4 nitrogen and oxygen atoms in total. The molecule has 0 aliphatic carbocycles. The molecule has 1 N–H and O–H groups in total. The number of carbonyl (C=O) groups is 2. The molecule has 1 aliphatic heterocycles. The van der Waals surface area contributed by atoms with Crippen molar-refractivity contribution in [1.29, 1.82) is 0 Å². The van der Waals surface area contributed by atoms with Gasteiger partial charge in [-0.05, 0) is 55.7 Å². The minimum atomic E-state index is -0.707. The molecule has 130 valence electrons. The van der Waals surface area contributed by atoms with E-state index in [1.807, 2.05) is 32.0 Å². The van der Waals surface area contributed by atoms with Gasteiger partial charge in [-0.2, -0.15) is 0 Å². The summed E-state index contributed by atoms with van der Waals surface area (Å²) in [6.07, 6.45) is 0.462. The van der Waals surface area contributed by atoms with Crippen LogP contribution in [0.4, 0.5) is 10.1 Å². The van der Waals surface area contributed by atoms with Gasteiger partial charge in [-0.3, -0.25) is 9.59 Å². The molecule has 0 radical (unpaired) electrons. The highest BCUT2D eigenvalue weighted by Gasteiger charge is 2.34. The van der Waals surface area contributed by atoms with Crippen molar-refractivity contribution in [2.45, 2.75) is 26.3 Å². The van der Waals surface area contributed by atoms with E-state index < -0.39 is 17.8 Å². The summed E-state index contributed by atoms with van der Waals surface area (Å²) in [4.78, 5) is 26.6. The highest BCUT2D eigenvalue weighted by atomic mass is 35.5. The Kier molecular flexibility index (Phi) is 4.77. The van der Waals surface area contributed by atoms with Crippen molar-refractivity contribution in [2.24, 2.45) is 0 Å². The minimum Gasteiger partial charge on any atom is -0.340 e. The third-order valence-corrected chi connectivity index (χ3v) is 4.53. The molecule has 1 saturated heterocycles. The normalized spacial score (nSPS) is 17.0. The molecule has 0 unspecified atom stereocenters. The van der Waals surface area contributed by atoms with Crippen LogP contribution in [0.3, 0.4) is 0 Å². The summed E-state index contributed by atoms with van der Waals surface area (Å²) in [7, 11) is 0. The van der Waals surface area contributed by atoms with Crippen LogP contribution in [0.25, 0.3) is 0 Å². The van der Waals surface area contributed by atoms with Crippen molar-refractivity contribution in [1.82, 2.24) is 5.32 Å². The smallest absolute Gasteiger partial charge is 0.256 e. The lowest BCUT2D eigenvalue weighted by atomic mass is 10.1. The zero-order chi connectivity index (χ0) is 18.1. The molecule has 0 spiro atoms. The van der Waals surface area contributed by atoms with Crippen molar-refractivity contribution in [3.8, 4) is 0 Å². The molecule has 1 fully saturated rings. The number of carbonyl (C=O) groups excluding carboxylic acids is 2. The van der Waals surface area contributed by atoms with Crippen LogP contribution in [0.2, 0.25) is 5.02 Å². The Balaban J connectivity index is 1.77. The van der Waals surface area contributed by atoms with Gasteiger partial charge in [0.05, 0.1) is 10.6 Å². The van der Waals surface area contributed by atoms with Crippen molar-refractivity contribution in [3.05, 3.63) is 63.9 Å². The third kappa shape index (κ3) is 3.51. The van der Waals surface area contributed by atoms with Gasteiger partial charge in [0, 0.05) is 12.2 Å². The summed E-state index contributed by atoms with van der Waals surface area (Å²) in [5.74, 6) is -1.59. The van der Waals surface area contributed by atoms with E-state index in [1.54, 1.807) is 4.90 Å². The molecule has 6 heteroatoms. The van der Waals surface area contributed by atoms with Gasteiger partial charge in [0.2, 0.25) is 5.91 Å². The fourth-order valence-electron chi connectivity index (χ4n) is 3.12. The first-order valence-electron chi connectivity index (χ1n) is 8.01. The quantitative estimate of drug-likeness (QED) is 0.908. The van der Waals surface area contributed by atoms with E-state index in [0.717, 1.165) is 16.8 Å². The molecule has 2 aromatic carbocycles. The van der Waals surface area contributed by atoms with E-state index in [0.29, 0.717) is 13.0 Å². The van der Waals surface area contributed by atoms with Crippen LogP contribution < -0.4 is 10.2 Å². The fourth-order valence-corrected chi connectivity index (χ4v) is 3.37. The first-order valence-corrected chi connectivity index (χ1v) is 8.39. The summed E-state index contributed by atoms with van der Waals surface area (Å²) in [6.45, 7) is 4.44. The predicted molar refractivity (Wildman–Crippen MR) is 95.6 cm³/mol. The second kappa shape index (κ2) is 6.84. The number of amides is 2. The van der Waals surface area contributed by atoms with Gasteiger partial charge in [0.15, 0.2) is 0 Å². The van der Waals surface area contributed by atoms with Gasteiger partial charge in [-0.25, -0.2) is 4.39 Å². The molecule has 2 amide bonds. The highest BCUT2D eigenvalue weighted by molar-refractivity contribution is 6.34. The predicted octanol–water partition coefficient (Wildman–Crippen LogP) is 3.63. The average Bonchev–Trinajstić information content (AvgIpc) is 2.87. The lowest BCUT2D eigenvalue weighted by Crippen LogP contribution is -2.42. The summed E-state index contributed by atoms with van der Waals surface area (Å²) >= 11 is 5.91. The van der Waals surface area contributed by atoms with Crippen molar-refractivity contribution in [2.75, 3.05) is 11.4 Å². The Labute approximate surface area is 150 Å². The van der Waals surface area contributed by atoms with E-state index in [1.165, 1.54) is 18.2 Å². The van der Waals surface area contributed by atoms with Crippen LogP contribution in [-0.2, 0) is 4.79 Å². The van der Waals surface area contributed by atoms with E-state index >= 15 is 0 Å². The van der Waals surface area contributed by atoms with E-state index in [-0.39, 0.29) is 16.5 Å². The Morgan fingerprint density at radius 3 is 2.56 bits per heavy atom. The highest BCUT2D eigenvalue weighted by Crippen LogP contribution is 2.25. The molecule has 1 heterocycles. The molecule has 2 aromatic rings. The summed E-state index contributed by atoms with van der Waals surface area (Å²) in [5.41, 5.74) is 2.70. The average molecular weight is 361 g/mol. The van der Waals surface area contributed by atoms with Gasteiger partial charge in [0.25, 0.3) is 5.91 Å². The van der Waals surface area contributed by atoms with Gasteiger partial charge < -0.3 is 10.2 Å². The number of hydrogen-bond donors (Lipinski definition) is 1. The topological polar surface area (TPSA) is 49.4 Å². The van der Waals surface area contributed by atoms with Crippen LogP contribution >= 0.6 is 11.6 Å². The van der Waals surface area contributed by atoms with E-state index in [9.17, 15) is 14.0 Å². The van der Waals surface area contributed by atoms with Crippen molar-refractivity contribution >= 4 is 29.1 Å². The molecule has 1 atom stereocenters. The van der Waals surface area contributed by atoms with Crippen LogP contribution in [0, 0.1) is 19.7 Å². The van der Waals surface area contributed by atoms with Gasteiger partial charge >= 0.3 is 0 Å². The molecule has 0 aromatic heterocycles. The molecule has 0 bridgehead atoms. The number of halogens is 2. The van der Waals surface area contributed by atoms with E-state index in [4.69, 9.17) is 11.6 Å². The summed E-state index contributed by atoms with van der Waals surface area (Å²) in [6, 6.07) is 9.24. The zero-order valence-electron chi connectivity index (χ0n) is 14.0. The maximum Gasteiger partial charge on any atom is 0.256 e. The van der Waals surface area contributed by atoms with Crippen LogP contribution in [0.1, 0.15) is 27.9 Å². The molecular weight excluding hydrogens is 343 g/mol. The Morgan fingerprint density at radius 2 is 1.92 bits per heavy atom. The first-order chi connectivity index (χ1) is 11.9. The number of nitrogens with one attached hydrogen (secondary N) is 1. The number of aryl methyl sites for hydroxylation is 2. The van der Waals surface area contributed by atoms with Gasteiger partial charge in [-0.1, -0.05) is 23.7 Å².